The van der Waals surface area contributed by atoms with Gasteiger partial charge in [0, 0.05) is 63.8 Å². The Kier molecular flexibility index (Phi) is 4.78. The van der Waals surface area contributed by atoms with E-state index in [-0.39, 0.29) is 0 Å². The molecule has 0 aliphatic carbocycles. The van der Waals surface area contributed by atoms with E-state index in [9.17, 15) is 0 Å². The maximum absolute atomic E-state index is 4.68. The van der Waals surface area contributed by atoms with E-state index in [0.717, 1.165) is 61.6 Å². The average Bonchev–Trinajstić information content (AvgIpc) is 2.61. The largest absolute Gasteiger partial charge is 0.353 e. The highest BCUT2D eigenvalue weighted by Crippen LogP contribution is 2.20. The molecule has 0 amide bonds. The van der Waals surface area contributed by atoms with Crippen LogP contribution >= 0.6 is 0 Å². The highest BCUT2D eigenvalue weighted by Gasteiger charge is 2.20. The van der Waals surface area contributed by atoms with E-state index >= 15 is 0 Å². The van der Waals surface area contributed by atoms with Gasteiger partial charge < -0.3 is 14.7 Å². The molecular weight excluding hydrogens is 302 g/mol. The highest BCUT2D eigenvalue weighted by molar-refractivity contribution is 5.48. The monoisotopic (exact) mass is 327 g/mol. The van der Waals surface area contributed by atoms with E-state index in [4.69, 9.17) is 0 Å². The van der Waals surface area contributed by atoms with Crippen LogP contribution in [0.3, 0.4) is 0 Å². The van der Waals surface area contributed by atoms with Crippen molar-refractivity contribution in [3.05, 3.63) is 29.8 Å². The summed E-state index contributed by atoms with van der Waals surface area (Å²) in [7, 11) is 3.94. The number of aryl methyl sites for hydroxylation is 2. The highest BCUT2D eigenvalue weighted by atomic mass is 15.3. The van der Waals surface area contributed by atoms with Gasteiger partial charge in [-0.05, 0) is 13.3 Å². The van der Waals surface area contributed by atoms with Crippen LogP contribution in [-0.2, 0) is 6.42 Å². The van der Waals surface area contributed by atoms with Gasteiger partial charge in [0.2, 0.25) is 5.95 Å². The summed E-state index contributed by atoms with van der Waals surface area (Å²) in [6.07, 6.45) is 2.60. The Morgan fingerprint density at radius 1 is 0.958 bits per heavy atom. The maximum Gasteiger partial charge on any atom is 0.226 e. The number of rotatable bonds is 4. The maximum atomic E-state index is 4.68. The van der Waals surface area contributed by atoms with Gasteiger partial charge in [-0.3, -0.25) is 0 Å². The standard InChI is InChI=1S/C17H25N7/c1-5-14-11-15(19-12-18-14)23-6-8-24(9-7-23)16-10-13(2)20-17(21-16)22(3)4/h10-12H,5-9H2,1-4H3. The van der Waals surface area contributed by atoms with Gasteiger partial charge >= 0.3 is 0 Å². The lowest BCUT2D eigenvalue weighted by Crippen LogP contribution is -2.47. The molecule has 0 saturated carbocycles. The predicted octanol–water partition coefficient (Wildman–Crippen LogP) is 1.53. The fourth-order valence-electron chi connectivity index (χ4n) is 2.82. The molecule has 0 bridgehead atoms. The fourth-order valence-corrected chi connectivity index (χ4v) is 2.82. The Morgan fingerprint density at radius 2 is 1.62 bits per heavy atom. The SMILES string of the molecule is CCc1cc(N2CCN(c3cc(C)nc(N(C)C)n3)CC2)ncn1. The molecule has 0 radical (unpaired) electrons. The minimum Gasteiger partial charge on any atom is -0.353 e. The van der Waals surface area contributed by atoms with Crippen molar-refractivity contribution in [2.45, 2.75) is 20.3 Å². The van der Waals surface area contributed by atoms with Crippen LogP contribution in [0.25, 0.3) is 0 Å². The molecule has 24 heavy (non-hydrogen) atoms. The molecule has 128 valence electrons. The topological polar surface area (TPSA) is 61.3 Å². The van der Waals surface area contributed by atoms with Crippen molar-refractivity contribution in [1.29, 1.82) is 0 Å². The van der Waals surface area contributed by atoms with Crippen molar-refractivity contribution in [1.82, 2.24) is 19.9 Å². The number of nitrogens with zero attached hydrogens (tertiary/aromatic N) is 7. The van der Waals surface area contributed by atoms with Crippen LogP contribution in [0.1, 0.15) is 18.3 Å². The number of anilines is 3. The van der Waals surface area contributed by atoms with Gasteiger partial charge in [-0.25, -0.2) is 15.0 Å². The first kappa shape index (κ1) is 16.4. The summed E-state index contributed by atoms with van der Waals surface area (Å²) in [5, 5.41) is 0. The summed E-state index contributed by atoms with van der Waals surface area (Å²) in [5.41, 5.74) is 2.08. The van der Waals surface area contributed by atoms with Crippen LogP contribution in [0.2, 0.25) is 0 Å². The lowest BCUT2D eigenvalue weighted by atomic mass is 10.2. The summed E-state index contributed by atoms with van der Waals surface area (Å²) in [5.74, 6) is 2.79. The van der Waals surface area contributed by atoms with Crippen LogP contribution in [-0.4, -0.2) is 60.2 Å². The van der Waals surface area contributed by atoms with Crippen molar-refractivity contribution in [3.8, 4) is 0 Å². The lowest BCUT2D eigenvalue weighted by molar-refractivity contribution is 0.639. The molecule has 0 N–H and O–H groups in total. The van der Waals surface area contributed by atoms with E-state index in [1.54, 1.807) is 6.33 Å². The molecule has 7 heteroatoms. The number of piperazine rings is 1. The zero-order valence-corrected chi connectivity index (χ0v) is 14.9. The first-order valence-electron chi connectivity index (χ1n) is 8.40. The summed E-state index contributed by atoms with van der Waals surface area (Å²) >= 11 is 0. The molecule has 1 aliphatic heterocycles. The van der Waals surface area contributed by atoms with E-state index in [0.29, 0.717) is 0 Å². The summed E-state index contributed by atoms with van der Waals surface area (Å²) in [6, 6.07) is 4.15. The average molecular weight is 327 g/mol. The Morgan fingerprint density at radius 3 is 2.25 bits per heavy atom. The van der Waals surface area contributed by atoms with Crippen LogP contribution in [0.15, 0.2) is 18.5 Å². The van der Waals surface area contributed by atoms with Gasteiger partial charge in [-0.2, -0.15) is 4.98 Å². The van der Waals surface area contributed by atoms with E-state index in [1.807, 2.05) is 25.9 Å². The van der Waals surface area contributed by atoms with Crippen molar-refractivity contribution < 1.29 is 0 Å². The Labute approximate surface area is 143 Å². The molecule has 1 saturated heterocycles. The minimum absolute atomic E-state index is 0.760. The Balaban J connectivity index is 1.71. The Bertz CT molecular complexity index is 693. The van der Waals surface area contributed by atoms with Gasteiger partial charge in [-0.15, -0.1) is 0 Å². The molecule has 0 atom stereocenters. The summed E-state index contributed by atoms with van der Waals surface area (Å²) in [4.78, 5) is 24.4. The van der Waals surface area contributed by atoms with E-state index in [1.165, 1.54) is 0 Å². The van der Waals surface area contributed by atoms with E-state index < -0.39 is 0 Å². The molecule has 0 spiro atoms. The molecular formula is C17H25N7. The van der Waals surface area contributed by atoms with Gasteiger partial charge in [-0.1, -0.05) is 6.92 Å². The van der Waals surface area contributed by atoms with Crippen molar-refractivity contribution in [3.63, 3.8) is 0 Å². The number of aromatic nitrogens is 4. The molecule has 2 aromatic heterocycles. The zero-order chi connectivity index (χ0) is 17.1. The molecule has 0 unspecified atom stereocenters. The molecule has 3 rings (SSSR count). The molecule has 1 fully saturated rings. The third kappa shape index (κ3) is 3.55. The second-order valence-corrected chi connectivity index (χ2v) is 6.26. The van der Waals surface area contributed by atoms with E-state index in [2.05, 4.69) is 48.8 Å². The lowest BCUT2D eigenvalue weighted by Gasteiger charge is -2.36. The van der Waals surface area contributed by atoms with Crippen molar-refractivity contribution in [2.24, 2.45) is 0 Å². The first-order valence-corrected chi connectivity index (χ1v) is 8.40. The van der Waals surface area contributed by atoms with Crippen molar-refractivity contribution >= 4 is 17.6 Å². The van der Waals surface area contributed by atoms with Gasteiger partial charge in [0.15, 0.2) is 0 Å². The second kappa shape index (κ2) is 6.98. The summed E-state index contributed by atoms with van der Waals surface area (Å²) in [6.45, 7) is 7.84. The molecule has 0 aromatic carbocycles. The quantitative estimate of drug-likeness (QED) is 0.844. The fraction of sp³-hybridized carbons (Fsp3) is 0.529. The van der Waals surface area contributed by atoms with Gasteiger partial charge in [0.05, 0.1) is 0 Å². The number of hydrogen-bond donors (Lipinski definition) is 0. The number of hydrogen-bond acceptors (Lipinski definition) is 7. The predicted molar refractivity (Wildman–Crippen MR) is 96.9 cm³/mol. The van der Waals surface area contributed by atoms with Crippen molar-refractivity contribution in [2.75, 3.05) is 55.0 Å². The molecule has 2 aromatic rings. The minimum atomic E-state index is 0.760. The molecule has 1 aliphatic rings. The third-order valence-electron chi connectivity index (χ3n) is 4.23. The Hall–Kier alpha value is -2.44. The van der Waals surface area contributed by atoms with Crippen LogP contribution in [0.5, 0.6) is 0 Å². The normalized spacial score (nSPS) is 14.8. The van der Waals surface area contributed by atoms with Gasteiger partial charge in [0.1, 0.15) is 18.0 Å². The second-order valence-electron chi connectivity index (χ2n) is 6.26. The van der Waals surface area contributed by atoms with Crippen LogP contribution < -0.4 is 14.7 Å². The van der Waals surface area contributed by atoms with Crippen LogP contribution in [0.4, 0.5) is 17.6 Å². The first-order chi connectivity index (χ1) is 11.6. The third-order valence-corrected chi connectivity index (χ3v) is 4.23. The van der Waals surface area contributed by atoms with Gasteiger partial charge in [0.25, 0.3) is 0 Å². The molecule has 7 nitrogen and oxygen atoms in total. The zero-order valence-electron chi connectivity index (χ0n) is 14.9. The molecule has 3 heterocycles. The smallest absolute Gasteiger partial charge is 0.226 e. The summed E-state index contributed by atoms with van der Waals surface area (Å²) < 4.78 is 0. The van der Waals surface area contributed by atoms with Crippen LogP contribution in [0, 0.1) is 6.92 Å².